The molecule has 2 aromatic carbocycles. The lowest BCUT2D eigenvalue weighted by atomic mass is 10.1. The summed E-state index contributed by atoms with van der Waals surface area (Å²) >= 11 is 3.39. The molecule has 0 spiro atoms. The Labute approximate surface area is 133 Å². The van der Waals surface area contributed by atoms with Crippen LogP contribution in [0.15, 0.2) is 48.5 Å². The summed E-state index contributed by atoms with van der Waals surface area (Å²) in [7, 11) is 1.63. The molecular weight excluding hydrogens is 330 g/mol. The number of halogens is 1. The van der Waals surface area contributed by atoms with E-state index < -0.39 is 0 Å². The highest BCUT2D eigenvalue weighted by molar-refractivity contribution is 9.08. The SMILES string of the molecule is COc1cccc([C@H](C)NC(=O)c2ccc(CBr)cc2)c1. The van der Waals surface area contributed by atoms with Crippen LogP contribution in [0.2, 0.25) is 0 Å². The van der Waals surface area contributed by atoms with Crippen molar-refractivity contribution in [2.45, 2.75) is 18.3 Å². The molecule has 0 heterocycles. The van der Waals surface area contributed by atoms with Crippen LogP contribution >= 0.6 is 15.9 Å². The first-order chi connectivity index (χ1) is 10.1. The predicted octanol–water partition coefficient (Wildman–Crippen LogP) is 4.08. The zero-order valence-electron chi connectivity index (χ0n) is 12.1. The third-order valence-corrected chi connectivity index (χ3v) is 3.96. The summed E-state index contributed by atoms with van der Waals surface area (Å²) in [4.78, 5) is 12.2. The average Bonchev–Trinajstić information content (AvgIpc) is 2.54. The normalized spacial score (nSPS) is 11.8. The number of benzene rings is 2. The third-order valence-electron chi connectivity index (χ3n) is 3.31. The van der Waals surface area contributed by atoms with Gasteiger partial charge < -0.3 is 10.1 Å². The first-order valence-corrected chi connectivity index (χ1v) is 7.86. The van der Waals surface area contributed by atoms with Crippen LogP contribution in [-0.4, -0.2) is 13.0 Å². The van der Waals surface area contributed by atoms with Gasteiger partial charge in [-0.3, -0.25) is 4.79 Å². The molecule has 0 saturated carbocycles. The van der Waals surface area contributed by atoms with Crippen molar-refractivity contribution in [2.75, 3.05) is 7.11 Å². The number of alkyl halides is 1. The highest BCUT2D eigenvalue weighted by Gasteiger charge is 2.11. The molecule has 0 unspecified atom stereocenters. The van der Waals surface area contributed by atoms with Crippen molar-refractivity contribution < 1.29 is 9.53 Å². The highest BCUT2D eigenvalue weighted by Crippen LogP contribution is 2.19. The monoisotopic (exact) mass is 347 g/mol. The quantitative estimate of drug-likeness (QED) is 0.827. The van der Waals surface area contributed by atoms with E-state index in [9.17, 15) is 4.79 Å². The number of rotatable bonds is 5. The largest absolute Gasteiger partial charge is 0.497 e. The van der Waals surface area contributed by atoms with Crippen LogP contribution in [0.5, 0.6) is 5.75 Å². The lowest BCUT2D eigenvalue weighted by Crippen LogP contribution is -2.26. The summed E-state index contributed by atoms with van der Waals surface area (Å²) in [6.07, 6.45) is 0. The van der Waals surface area contributed by atoms with E-state index in [-0.39, 0.29) is 11.9 Å². The molecule has 1 N–H and O–H groups in total. The van der Waals surface area contributed by atoms with Crippen molar-refractivity contribution in [3.63, 3.8) is 0 Å². The summed E-state index contributed by atoms with van der Waals surface area (Å²) in [6.45, 7) is 1.96. The molecule has 0 aliphatic carbocycles. The lowest BCUT2D eigenvalue weighted by molar-refractivity contribution is 0.0940. The number of hydrogen-bond donors (Lipinski definition) is 1. The van der Waals surface area contributed by atoms with Crippen molar-refractivity contribution in [2.24, 2.45) is 0 Å². The van der Waals surface area contributed by atoms with Gasteiger partial charge in [0.2, 0.25) is 0 Å². The van der Waals surface area contributed by atoms with E-state index >= 15 is 0 Å². The Bertz CT molecular complexity index is 610. The van der Waals surface area contributed by atoms with Gasteiger partial charge in [-0.15, -0.1) is 0 Å². The number of amides is 1. The molecule has 3 nitrogen and oxygen atoms in total. The smallest absolute Gasteiger partial charge is 0.251 e. The van der Waals surface area contributed by atoms with Crippen LogP contribution in [-0.2, 0) is 5.33 Å². The van der Waals surface area contributed by atoms with Crippen molar-refractivity contribution in [3.05, 3.63) is 65.2 Å². The summed E-state index contributed by atoms with van der Waals surface area (Å²) in [5.41, 5.74) is 2.82. The van der Waals surface area contributed by atoms with E-state index in [0.717, 1.165) is 22.2 Å². The highest BCUT2D eigenvalue weighted by atomic mass is 79.9. The Morgan fingerprint density at radius 3 is 2.57 bits per heavy atom. The second-order valence-corrected chi connectivity index (χ2v) is 5.36. The Hall–Kier alpha value is -1.81. The van der Waals surface area contributed by atoms with Gasteiger partial charge in [-0.2, -0.15) is 0 Å². The first-order valence-electron chi connectivity index (χ1n) is 6.73. The Morgan fingerprint density at radius 2 is 1.95 bits per heavy atom. The van der Waals surface area contributed by atoms with E-state index in [4.69, 9.17) is 4.74 Å². The number of hydrogen-bond acceptors (Lipinski definition) is 2. The van der Waals surface area contributed by atoms with E-state index in [0.29, 0.717) is 5.56 Å². The standard InChI is InChI=1S/C17H18BrNO2/c1-12(15-4-3-5-16(10-15)21-2)19-17(20)14-8-6-13(11-18)7-9-14/h3-10,12H,11H2,1-2H3,(H,19,20)/t12-/m0/s1. The van der Waals surface area contributed by atoms with Crippen molar-refractivity contribution >= 4 is 21.8 Å². The van der Waals surface area contributed by atoms with E-state index in [1.54, 1.807) is 7.11 Å². The minimum atomic E-state index is -0.0801. The Balaban J connectivity index is 2.06. The number of carbonyl (C=O) groups excluding carboxylic acids is 1. The van der Waals surface area contributed by atoms with Crippen molar-refractivity contribution in [3.8, 4) is 5.75 Å². The van der Waals surface area contributed by atoms with Gasteiger partial charge in [-0.1, -0.05) is 40.2 Å². The lowest BCUT2D eigenvalue weighted by Gasteiger charge is -2.15. The fraction of sp³-hybridized carbons (Fsp3) is 0.235. The molecule has 110 valence electrons. The maximum Gasteiger partial charge on any atom is 0.251 e. The van der Waals surface area contributed by atoms with Gasteiger partial charge in [-0.05, 0) is 42.3 Å². The summed E-state index contributed by atoms with van der Waals surface area (Å²) in [6, 6.07) is 15.2. The fourth-order valence-corrected chi connectivity index (χ4v) is 2.39. The molecule has 0 aromatic heterocycles. The molecule has 0 radical (unpaired) electrons. The number of ether oxygens (including phenoxy) is 1. The van der Waals surface area contributed by atoms with Crippen LogP contribution < -0.4 is 10.1 Å². The Morgan fingerprint density at radius 1 is 1.24 bits per heavy atom. The minimum Gasteiger partial charge on any atom is -0.497 e. The predicted molar refractivity (Wildman–Crippen MR) is 87.9 cm³/mol. The molecule has 0 saturated heterocycles. The molecule has 0 bridgehead atoms. The summed E-state index contributed by atoms with van der Waals surface area (Å²) < 4.78 is 5.20. The minimum absolute atomic E-state index is 0.0774. The molecule has 2 rings (SSSR count). The maximum atomic E-state index is 12.2. The zero-order valence-corrected chi connectivity index (χ0v) is 13.7. The number of nitrogens with one attached hydrogen (secondary N) is 1. The molecule has 4 heteroatoms. The summed E-state index contributed by atoms with van der Waals surface area (Å²) in [5, 5.41) is 3.78. The van der Waals surface area contributed by atoms with Crippen molar-refractivity contribution in [1.29, 1.82) is 0 Å². The molecule has 0 fully saturated rings. The van der Waals surface area contributed by atoms with E-state index in [1.807, 2.05) is 55.5 Å². The van der Waals surface area contributed by atoms with Gasteiger partial charge in [0.1, 0.15) is 5.75 Å². The van der Waals surface area contributed by atoms with Gasteiger partial charge in [0, 0.05) is 10.9 Å². The Kier molecular flexibility index (Phi) is 5.39. The van der Waals surface area contributed by atoms with Gasteiger partial charge in [0.15, 0.2) is 0 Å². The zero-order chi connectivity index (χ0) is 15.2. The average molecular weight is 348 g/mol. The van der Waals surface area contributed by atoms with Crippen LogP contribution in [0, 0.1) is 0 Å². The summed E-state index contributed by atoms with van der Waals surface area (Å²) in [5.74, 6) is 0.710. The second kappa shape index (κ2) is 7.27. The van der Waals surface area contributed by atoms with Gasteiger partial charge in [0.05, 0.1) is 13.2 Å². The third kappa shape index (κ3) is 4.08. The molecule has 0 aliphatic heterocycles. The molecule has 1 amide bonds. The van der Waals surface area contributed by atoms with Gasteiger partial charge in [-0.25, -0.2) is 0 Å². The van der Waals surface area contributed by atoms with E-state index in [2.05, 4.69) is 21.2 Å². The van der Waals surface area contributed by atoms with Crippen LogP contribution in [0.4, 0.5) is 0 Å². The van der Waals surface area contributed by atoms with Crippen LogP contribution in [0.25, 0.3) is 0 Å². The van der Waals surface area contributed by atoms with Gasteiger partial charge in [0.25, 0.3) is 5.91 Å². The molecule has 1 atom stereocenters. The van der Waals surface area contributed by atoms with Crippen LogP contribution in [0.1, 0.15) is 34.5 Å². The molecular formula is C17H18BrNO2. The van der Waals surface area contributed by atoms with Crippen LogP contribution in [0.3, 0.4) is 0 Å². The fourth-order valence-electron chi connectivity index (χ4n) is 2.02. The maximum absolute atomic E-state index is 12.2. The topological polar surface area (TPSA) is 38.3 Å². The second-order valence-electron chi connectivity index (χ2n) is 4.80. The molecule has 21 heavy (non-hydrogen) atoms. The van der Waals surface area contributed by atoms with E-state index in [1.165, 1.54) is 0 Å². The van der Waals surface area contributed by atoms with Gasteiger partial charge >= 0.3 is 0 Å². The first kappa shape index (κ1) is 15.6. The molecule has 0 aliphatic rings. The molecule has 2 aromatic rings. The number of carbonyl (C=O) groups is 1. The number of methoxy groups -OCH3 is 1. The van der Waals surface area contributed by atoms with Crippen molar-refractivity contribution in [1.82, 2.24) is 5.32 Å².